The summed E-state index contributed by atoms with van der Waals surface area (Å²) in [5.41, 5.74) is 10.2. The molecular formula is C18H23NO. The zero-order chi connectivity index (χ0) is 14.5. The molecule has 0 aliphatic carbocycles. The van der Waals surface area contributed by atoms with Crippen molar-refractivity contribution in [1.29, 1.82) is 0 Å². The predicted octanol–water partition coefficient (Wildman–Crippen LogP) is 4.35. The molecule has 0 heterocycles. The van der Waals surface area contributed by atoms with Gasteiger partial charge in [0, 0.05) is 5.69 Å². The molecule has 2 aromatic rings. The molecular weight excluding hydrogens is 246 g/mol. The number of hydrogen-bond acceptors (Lipinski definition) is 2. The molecule has 0 aliphatic rings. The van der Waals surface area contributed by atoms with Gasteiger partial charge in [0.15, 0.2) is 0 Å². The summed E-state index contributed by atoms with van der Waals surface area (Å²) < 4.78 is 5.79. The molecule has 2 nitrogen and oxygen atoms in total. The van der Waals surface area contributed by atoms with Crippen LogP contribution >= 0.6 is 0 Å². The molecule has 0 radical (unpaired) electrons. The zero-order valence-corrected chi connectivity index (χ0v) is 12.5. The minimum absolute atomic E-state index is 0.589. The maximum atomic E-state index is 5.80. The normalized spacial score (nSPS) is 10.8. The summed E-state index contributed by atoms with van der Waals surface area (Å²) in [5.74, 6) is 1.55. The summed E-state index contributed by atoms with van der Waals surface area (Å²) in [6, 6.07) is 14.4. The van der Waals surface area contributed by atoms with E-state index in [4.69, 9.17) is 10.5 Å². The summed E-state index contributed by atoms with van der Waals surface area (Å²) in [6.07, 6.45) is 1.12. The molecule has 2 heteroatoms. The summed E-state index contributed by atoms with van der Waals surface area (Å²) in [4.78, 5) is 0. The van der Waals surface area contributed by atoms with Gasteiger partial charge in [-0.2, -0.15) is 0 Å². The Kier molecular flexibility index (Phi) is 4.67. The van der Waals surface area contributed by atoms with E-state index in [1.807, 2.05) is 25.1 Å². The lowest BCUT2D eigenvalue weighted by atomic mass is 10.0. The Hall–Kier alpha value is -1.96. The van der Waals surface area contributed by atoms with Crippen LogP contribution in [0.25, 0.3) is 0 Å². The quantitative estimate of drug-likeness (QED) is 0.819. The van der Waals surface area contributed by atoms with Crippen molar-refractivity contribution < 1.29 is 4.74 Å². The molecule has 0 unspecified atom stereocenters. The first-order chi connectivity index (χ1) is 9.54. The van der Waals surface area contributed by atoms with Crippen LogP contribution in [0.5, 0.6) is 5.75 Å². The van der Waals surface area contributed by atoms with Crippen molar-refractivity contribution in [3.8, 4) is 5.75 Å². The first kappa shape index (κ1) is 14.4. The second-order valence-electron chi connectivity index (χ2n) is 5.72. The van der Waals surface area contributed by atoms with Crippen molar-refractivity contribution in [2.24, 2.45) is 5.92 Å². The molecule has 0 aliphatic heterocycles. The van der Waals surface area contributed by atoms with Gasteiger partial charge in [0.2, 0.25) is 0 Å². The molecule has 0 bridgehead atoms. The number of anilines is 1. The maximum Gasteiger partial charge on any atom is 0.120 e. The number of hydrogen-bond donors (Lipinski definition) is 1. The highest BCUT2D eigenvalue weighted by molar-refractivity contribution is 5.49. The predicted molar refractivity (Wildman–Crippen MR) is 84.9 cm³/mol. The fraction of sp³-hybridized carbons (Fsp3) is 0.333. The molecule has 2 rings (SSSR count). The Labute approximate surface area is 121 Å². The monoisotopic (exact) mass is 269 g/mol. The molecule has 0 saturated carbocycles. The fourth-order valence-electron chi connectivity index (χ4n) is 2.15. The molecule has 0 atom stereocenters. The van der Waals surface area contributed by atoms with E-state index < -0.39 is 0 Å². The third-order valence-electron chi connectivity index (χ3n) is 3.31. The molecule has 0 fully saturated rings. The number of aryl methyl sites for hydroxylation is 1. The minimum Gasteiger partial charge on any atom is -0.489 e. The van der Waals surface area contributed by atoms with Crippen molar-refractivity contribution in [1.82, 2.24) is 0 Å². The van der Waals surface area contributed by atoms with Gasteiger partial charge in [-0.05, 0) is 54.2 Å². The zero-order valence-electron chi connectivity index (χ0n) is 12.5. The van der Waals surface area contributed by atoms with Crippen molar-refractivity contribution in [3.05, 3.63) is 59.2 Å². The van der Waals surface area contributed by atoms with Gasteiger partial charge in [-0.25, -0.2) is 0 Å². The third-order valence-corrected chi connectivity index (χ3v) is 3.31. The van der Waals surface area contributed by atoms with Crippen LogP contribution in [0.4, 0.5) is 5.69 Å². The van der Waals surface area contributed by atoms with E-state index in [-0.39, 0.29) is 0 Å². The van der Waals surface area contributed by atoms with Gasteiger partial charge < -0.3 is 10.5 Å². The van der Waals surface area contributed by atoms with Gasteiger partial charge in [0.05, 0.1) is 0 Å². The second-order valence-corrected chi connectivity index (χ2v) is 5.72. The maximum absolute atomic E-state index is 5.80. The van der Waals surface area contributed by atoms with Gasteiger partial charge in [0.25, 0.3) is 0 Å². The van der Waals surface area contributed by atoms with Crippen LogP contribution in [-0.2, 0) is 13.0 Å². The van der Waals surface area contributed by atoms with Crippen LogP contribution in [0, 0.1) is 12.8 Å². The summed E-state index contributed by atoms with van der Waals surface area (Å²) in [5, 5.41) is 0. The van der Waals surface area contributed by atoms with Crippen molar-refractivity contribution in [2.75, 3.05) is 5.73 Å². The van der Waals surface area contributed by atoms with Gasteiger partial charge in [-0.1, -0.05) is 38.1 Å². The van der Waals surface area contributed by atoms with E-state index in [1.165, 1.54) is 11.1 Å². The number of ether oxygens (including phenoxy) is 1. The van der Waals surface area contributed by atoms with Crippen molar-refractivity contribution in [2.45, 2.75) is 33.8 Å². The van der Waals surface area contributed by atoms with E-state index >= 15 is 0 Å². The molecule has 0 spiro atoms. The first-order valence-corrected chi connectivity index (χ1v) is 7.11. The van der Waals surface area contributed by atoms with E-state index in [0.29, 0.717) is 12.5 Å². The lowest BCUT2D eigenvalue weighted by Gasteiger charge is -2.09. The molecule has 2 aromatic carbocycles. The van der Waals surface area contributed by atoms with Crippen molar-refractivity contribution in [3.63, 3.8) is 0 Å². The Morgan fingerprint density at radius 3 is 2.25 bits per heavy atom. The van der Waals surface area contributed by atoms with Gasteiger partial charge in [-0.15, -0.1) is 0 Å². The molecule has 0 aromatic heterocycles. The number of nitrogens with two attached hydrogens (primary N) is 1. The van der Waals surface area contributed by atoms with Gasteiger partial charge in [0.1, 0.15) is 12.4 Å². The molecule has 106 valence electrons. The molecule has 0 amide bonds. The van der Waals surface area contributed by atoms with E-state index in [1.54, 1.807) is 0 Å². The lowest BCUT2D eigenvalue weighted by Crippen LogP contribution is -1.98. The minimum atomic E-state index is 0.589. The number of nitrogen functional groups attached to an aromatic ring is 1. The fourth-order valence-corrected chi connectivity index (χ4v) is 2.15. The van der Waals surface area contributed by atoms with Crippen LogP contribution in [-0.4, -0.2) is 0 Å². The average molecular weight is 269 g/mol. The third kappa shape index (κ3) is 4.02. The molecule has 0 saturated heterocycles. The largest absolute Gasteiger partial charge is 0.489 e. The molecule has 20 heavy (non-hydrogen) atoms. The van der Waals surface area contributed by atoms with E-state index in [0.717, 1.165) is 23.4 Å². The highest BCUT2D eigenvalue weighted by Crippen LogP contribution is 2.20. The average Bonchev–Trinajstić information content (AvgIpc) is 2.41. The topological polar surface area (TPSA) is 35.2 Å². The van der Waals surface area contributed by atoms with Crippen LogP contribution < -0.4 is 10.5 Å². The van der Waals surface area contributed by atoms with Crippen LogP contribution in [0.2, 0.25) is 0 Å². The standard InChI is InChI=1S/C18H23NO/c1-13(2)10-15-4-6-16(7-5-15)12-20-17-8-9-18(19)14(3)11-17/h4-9,11,13H,10,12,19H2,1-3H3. The SMILES string of the molecule is Cc1cc(OCc2ccc(CC(C)C)cc2)ccc1N. The second kappa shape index (κ2) is 6.47. The first-order valence-electron chi connectivity index (χ1n) is 7.11. The summed E-state index contributed by atoms with van der Waals surface area (Å²) in [7, 11) is 0. The van der Waals surface area contributed by atoms with Crippen molar-refractivity contribution >= 4 is 5.69 Å². The Bertz CT molecular complexity index is 558. The Morgan fingerprint density at radius 2 is 1.65 bits per heavy atom. The highest BCUT2D eigenvalue weighted by atomic mass is 16.5. The van der Waals surface area contributed by atoms with Crippen LogP contribution in [0.1, 0.15) is 30.5 Å². The Morgan fingerprint density at radius 1 is 1.00 bits per heavy atom. The van der Waals surface area contributed by atoms with Gasteiger partial charge in [-0.3, -0.25) is 0 Å². The van der Waals surface area contributed by atoms with Gasteiger partial charge >= 0.3 is 0 Å². The smallest absolute Gasteiger partial charge is 0.120 e. The Balaban J connectivity index is 1.95. The van der Waals surface area contributed by atoms with Crippen LogP contribution in [0.15, 0.2) is 42.5 Å². The molecule has 2 N–H and O–H groups in total. The van der Waals surface area contributed by atoms with E-state index in [2.05, 4.69) is 38.1 Å². The lowest BCUT2D eigenvalue weighted by molar-refractivity contribution is 0.306. The van der Waals surface area contributed by atoms with E-state index in [9.17, 15) is 0 Å². The number of rotatable bonds is 5. The number of benzene rings is 2. The summed E-state index contributed by atoms with van der Waals surface area (Å²) >= 11 is 0. The highest BCUT2D eigenvalue weighted by Gasteiger charge is 2.01. The van der Waals surface area contributed by atoms with Crippen LogP contribution in [0.3, 0.4) is 0 Å². The summed E-state index contributed by atoms with van der Waals surface area (Å²) in [6.45, 7) is 7.05.